The molecule has 0 aliphatic heterocycles. The molecule has 0 spiro atoms. The van der Waals surface area contributed by atoms with Crippen molar-refractivity contribution in [3.63, 3.8) is 0 Å². The van der Waals surface area contributed by atoms with E-state index in [1.165, 1.54) is 12.1 Å². The van der Waals surface area contributed by atoms with Crippen LogP contribution in [0.3, 0.4) is 0 Å². The third kappa shape index (κ3) is 5.25. The number of benzene rings is 1. The SMILES string of the molecule is NC(Cc1ccc(O)cc1)C(=O)NCCC(O)C(=O)O. The lowest BCUT2D eigenvalue weighted by Gasteiger charge is -2.13. The number of carboxylic acids is 1. The maximum atomic E-state index is 11.7. The van der Waals surface area contributed by atoms with Crippen molar-refractivity contribution in [2.24, 2.45) is 5.73 Å². The topological polar surface area (TPSA) is 133 Å². The van der Waals surface area contributed by atoms with E-state index in [2.05, 4.69) is 5.32 Å². The van der Waals surface area contributed by atoms with Crippen LogP contribution in [0.2, 0.25) is 0 Å². The third-order valence-electron chi connectivity index (χ3n) is 2.73. The molecule has 0 saturated heterocycles. The Morgan fingerprint density at radius 1 is 1.25 bits per heavy atom. The van der Waals surface area contributed by atoms with Crippen LogP contribution in [0.1, 0.15) is 12.0 Å². The Morgan fingerprint density at radius 3 is 2.40 bits per heavy atom. The Labute approximate surface area is 116 Å². The van der Waals surface area contributed by atoms with Crippen molar-refractivity contribution in [1.82, 2.24) is 5.32 Å². The van der Waals surface area contributed by atoms with E-state index >= 15 is 0 Å². The molecular weight excluding hydrogens is 264 g/mol. The Kier molecular flexibility index (Phi) is 5.95. The first-order chi connectivity index (χ1) is 9.40. The van der Waals surface area contributed by atoms with Gasteiger partial charge in [0.1, 0.15) is 5.75 Å². The highest BCUT2D eigenvalue weighted by Gasteiger charge is 2.16. The molecule has 1 rings (SSSR count). The van der Waals surface area contributed by atoms with E-state index in [4.69, 9.17) is 21.1 Å². The van der Waals surface area contributed by atoms with E-state index in [1.54, 1.807) is 12.1 Å². The molecule has 2 atom stereocenters. The maximum absolute atomic E-state index is 11.7. The van der Waals surface area contributed by atoms with Crippen LogP contribution < -0.4 is 11.1 Å². The van der Waals surface area contributed by atoms with Crippen LogP contribution in [0.4, 0.5) is 0 Å². The predicted octanol–water partition coefficient (Wildman–Crippen LogP) is -0.786. The molecule has 1 amide bonds. The van der Waals surface area contributed by atoms with Gasteiger partial charge in [-0.15, -0.1) is 0 Å². The Bertz CT molecular complexity index is 460. The predicted molar refractivity (Wildman–Crippen MR) is 71.1 cm³/mol. The average molecular weight is 282 g/mol. The number of hydrogen-bond acceptors (Lipinski definition) is 5. The van der Waals surface area contributed by atoms with Crippen LogP contribution in [0, 0.1) is 0 Å². The number of carbonyl (C=O) groups excluding carboxylic acids is 1. The number of hydrogen-bond donors (Lipinski definition) is 5. The summed E-state index contributed by atoms with van der Waals surface area (Å²) in [5.74, 6) is -1.61. The van der Waals surface area contributed by atoms with Crippen molar-refractivity contribution in [2.45, 2.75) is 25.0 Å². The third-order valence-corrected chi connectivity index (χ3v) is 2.73. The number of carbonyl (C=O) groups is 2. The minimum Gasteiger partial charge on any atom is -0.508 e. The van der Waals surface area contributed by atoms with Crippen LogP contribution in [-0.4, -0.2) is 45.9 Å². The van der Waals surface area contributed by atoms with Gasteiger partial charge in [-0.1, -0.05) is 12.1 Å². The van der Waals surface area contributed by atoms with Crippen molar-refractivity contribution in [2.75, 3.05) is 6.54 Å². The molecule has 0 radical (unpaired) electrons. The lowest BCUT2D eigenvalue weighted by molar-refractivity contribution is -0.147. The number of rotatable bonds is 7. The number of nitrogens with one attached hydrogen (secondary N) is 1. The number of aliphatic hydroxyl groups excluding tert-OH is 1. The van der Waals surface area contributed by atoms with E-state index in [0.717, 1.165) is 5.56 Å². The lowest BCUT2D eigenvalue weighted by atomic mass is 10.1. The second-order valence-electron chi connectivity index (χ2n) is 4.41. The number of aliphatic hydroxyl groups is 1. The van der Waals surface area contributed by atoms with Gasteiger partial charge in [-0.25, -0.2) is 4.79 Å². The minimum absolute atomic E-state index is 0.0373. The van der Waals surface area contributed by atoms with E-state index in [9.17, 15) is 9.59 Å². The Balaban J connectivity index is 2.35. The molecule has 0 fully saturated rings. The summed E-state index contributed by atoms with van der Waals surface area (Å²) in [6, 6.07) is 5.56. The summed E-state index contributed by atoms with van der Waals surface area (Å²) in [5.41, 5.74) is 6.51. The molecule has 0 saturated carbocycles. The number of phenols is 1. The number of nitrogens with two attached hydrogens (primary N) is 1. The summed E-state index contributed by atoms with van der Waals surface area (Å²) in [5, 5.41) is 29.1. The summed E-state index contributed by atoms with van der Waals surface area (Å²) in [4.78, 5) is 22.0. The molecule has 20 heavy (non-hydrogen) atoms. The summed E-state index contributed by atoms with van der Waals surface area (Å²) in [6.07, 6.45) is -1.27. The molecule has 7 heteroatoms. The van der Waals surface area contributed by atoms with Gasteiger partial charge in [-0.3, -0.25) is 4.79 Å². The van der Waals surface area contributed by atoms with Gasteiger partial charge in [0.25, 0.3) is 0 Å². The number of carboxylic acid groups (broad SMARTS) is 1. The first-order valence-corrected chi connectivity index (χ1v) is 6.12. The number of aromatic hydroxyl groups is 1. The molecular formula is C13H18N2O5. The zero-order chi connectivity index (χ0) is 15.1. The van der Waals surface area contributed by atoms with Gasteiger partial charge < -0.3 is 26.4 Å². The molecule has 2 unspecified atom stereocenters. The summed E-state index contributed by atoms with van der Waals surface area (Å²) >= 11 is 0. The monoisotopic (exact) mass is 282 g/mol. The number of aliphatic carboxylic acids is 1. The largest absolute Gasteiger partial charge is 0.508 e. The van der Waals surface area contributed by atoms with Crippen LogP contribution >= 0.6 is 0 Å². The van der Waals surface area contributed by atoms with Gasteiger partial charge in [0, 0.05) is 13.0 Å². The normalized spacial score (nSPS) is 13.5. The molecule has 0 aliphatic rings. The van der Waals surface area contributed by atoms with Gasteiger partial charge in [0.05, 0.1) is 6.04 Å². The average Bonchev–Trinajstić information content (AvgIpc) is 2.40. The lowest BCUT2D eigenvalue weighted by Crippen LogP contribution is -2.43. The van der Waals surface area contributed by atoms with Crippen LogP contribution in [0.25, 0.3) is 0 Å². The number of phenolic OH excluding ortho intramolecular Hbond substituents is 1. The van der Waals surface area contributed by atoms with Crippen molar-refractivity contribution >= 4 is 11.9 Å². The molecule has 0 aliphatic carbocycles. The fraction of sp³-hybridized carbons (Fsp3) is 0.385. The van der Waals surface area contributed by atoms with Crippen molar-refractivity contribution < 1.29 is 24.9 Å². The van der Waals surface area contributed by atoms with E-state index in [1.807, 2.05) is 0 Å². The van der Waals surface area contributed by atoms with Gasteiger partial charge in [0.15, 0.2) is 6.10 Å². The zero-order valence-corrected chi connectivity index (χ0v) is 10.8. The van der Waals surface area contributed by atoms with Crippen LogP contribution in [-0.2, 0) is 16.0 Å². The van der Waals surface area contributed by atoms with E-state index in [-0.39, 0.29) is 18.7 Å². The zero-order valence-electron chi connectivity index (χ0n) is 10.8. The molecule has 1 aromatic rings. The summed E-state index contributed by atoms with van der Waals surface area (Å²) in [7, 11) is 0. The van der Waals surface area contributed by atoms with Crippen LogP contribution in [0.15, 0.2) is 24.3 Å². The fourth-order valence-corrected chi connectivity index (χ4v) is 1.57. The first kappa shape index (κ1) is 15.9. The standard InChI is InChI=1S/C13H18N2O5/c14-10(7-8-1-3-9(16)4-2-8)12(18)15-6-5-11(17)13(19)20/h1-4,10-11,16-17H,5-7,14H2,(H,15,18)(H,19,20). The summed E-state index contributed by atoms with van der Waals surface area (Å²) in [6.45, 7) is 0.0373. The minimum atomic E-state index is -1.50. The Hall–Kier alpha value is -2.12. The van der Waals surface area contributed by atoms with Gasteiger partial charge >= 0.3 is 5.97 Å². The van der Waals surface area contributed by atoms with Crippen molar-refractivity contribution in [1.29, 1.82) is 0 Å². The van der Waals surface area contributed by atoms with Crippen molar-refractivity contribution in [3.05, 3.63) is 29.8 Å². The van der Waals surface area contributed by atoms with Crippen LogP contribution in [0.5, 0.6) is 5.75 Å². The van der Waals surface area contributed by atoms with Gasteiger partial charge in [-0.2, -0.15) is 0 Å². The van der Waals surface area contributed by atoms with Crippen molar-refractivity contribution in [3.8, 4) is 5.75 Å². The Morgan fingerprint density at radius 2 is 1.85 bits per heavy atom. The molecule has 0 heterocycles. The summed E-state index contributed by atoms with van der Waals surface area (Å²) < 4.78 is 0. The molecule has 1 aromatic carbocycles. The molecule has 0 bridgehead atoms. The molecule has 110 valence electrons. The smallest absolute Gasteiger partial charge is 0.332 e. The molecule has 7 nitrogen and oxygen atoms in total. The maximum Gasteiger partial charge on any atom is 0.332 e. The van der Waals surface area contributed by atoms with Gasteiger partial charge in [0.2, 0.25) is 5.91 Å². The number of amides is 1. The molecule has 0 aromatic heterocycles. The highest BCUT2D eigenvalue weighted by molar-refractivity contribution is 5.81. The first-order valence-electron chi connectivity index (χ1n) is 6.12. The second kappa shape index (κ2) is 7.46. The second-order valence-corrected chi connectivity index (χ2v) is 4.41. The van der Waals surface area contributed by atoms with Gasteiger partial charge in [-0.05, 0) is 24.1 Å². The van der Waals surface area contributed by atoms with E-state index in [0.29, 0.717) is 6.42 Å². The highest BCUT2D eigenvalue weighted by atomic mass is 16.4. The quantitative estimate of drug-likeness (QED) is 0.445. The molecule has 6 N–H and O–H groups in total. The van der Waals surface area contributed by atoms with E-state index < -0.39 is 24.0 Å². The fourth-order valence-electron chi connectivity index (χ4n) is 1.57. The highest BCUT2D eigenvalue weighted by Crippen LogP contribution is 2.10.